The predicted octanol–water partition coefficient (Wildman–Crippen LogP) is 7.31. The van der Waals surface area contributed by atoms with E-state index >= 15 is 0 Å². The topological polar surface area (TPSA) is 93.7 Å². The van der Waals surface area contributed by atoms with Crippen molar-refractivity contribution in [1.29, 1.82) is 0 Å². The highest BCUT2D eigenvalue weighted by Crippen LogP contribution is 2.34. The Balaban J connectivity index is 1.49. The van der Waals surface area contributed by atoms with Gasteiger partial charge in [0.15, 0.2) is 0 Å². The van der Waals surface area contributed by atoms with Crippen LogP contribution in [-0.2, 0) is 0 Å². The lowest BCUT2D eigenvalue weighted by Crippen LogP contribution is -2.17. The monoisotopic (exact) mass is 500 g/mol. The SMILES string of the molecule is CCCCOc1ccc2oc(C)c(C(=O)Nc3c(C(=O)Nc4ccc(F)cc4)oc4ccccc34)c2c1. The van der Waals surface area contributed by atoms with Crippen LogP contribution in [0.15, 0.2) is 75.6 Å². The number of nitrogens with one attached hydrogen (secondary N) is 2. The number of hydrogen-bond acceptors (Lipinski definition) is 5. The van der Waals surface area contributed by atoms with Crippen molar-refractivity contribution in [2.24, 2.45) is 0 Å². The van der Waals surface area contributed by atoms with Gasteiger partial charge < -0.3 is 24.2 Å². The van der Waals surface area contributed by atoms with E-state index in [0.29, 0.717) is 51.3 Å². The normalized spacial score (nSPS) is 11.1. The minimum absolute atomic E-state index is 0.0760. The first-order valence-corrected chi connectivity index (χ1v) is 12.0. The average Bonchev–Trinajstić information content (AvgIpc) is 3.42. The van der Waals surface area contributed by atoms with Crippen molar-refractivity contribution < 1.29 is 27.6 Å². The van der Waals surface area contributed by atoms with E-state index in [0.717, 1.165) is 12.8 Å². The number of carbonyl (C=O) groups is 2. The molecule has 0 radical (unpaired) electrons. The highest BCUT2D eigenvalue weighted by Gasteiger charge is 2.26. The average molecular weight is 501 g/mol. The Kier molecular flexibility index (Phi) is 6.64. The van der Waals surface area contributed by atoms with Gasteiger partial charge in [-0.25, -0.2) is 4.39 Å². The van der Waals surface area contributed by atoms with Gasteiger partial charge in [-0.05, 0) is 67.9 Å². The largest absolute Gasteiger partial charge is 0.494 e. The summed E-state index contributed by atoms with van der Waals surface area (Å²) in [6.45, 7) is 4.37. The molecule has 0 aliphatic carbocycles. The van der Waals surface area contributed by atoms with Crippen molar-refractivity contribution in [3.05, 3.63) is 89.6 Å². The van der Waals surface area contributed by atoms with Gasteiger partial charge in [0.05, 0.1) is 12.2 Å². The Morgan fingerprint density at radius 2 is 1.65 bits per heavy atom. The third kappa shape index (κ3) is 4.91. The molecule has 7 nitrogen and oxygen atoms in total. The molecule has 0 fully saturated rings. The van der Waals surface area contributed by atoms with Gasteiger partial charge in [0, 0.05) is 16.5 Å². The number of unbranched alkanes of at least 4 members (excludes halogenated alkanes) is 1. The number of rotatable bonds is 8. The van der Waals surface area contributed by atoms with Crippen molar-refractivity contribution in [1.82, 2.24) is 0 Å². The second kappa shape index (κ2) is 10.2. The van der Waals surface area contributed by atoms with E-state index in [2.05, 4.69) is 17.6 Å². The highest BCUT2D eigenvalue weighted by molar-refractivity contribution is 6.19. The predicted molar refractivity (Wildman–Crippen MR) is 140 cm³/mol. The van der Waals surface area contributed by atoms with E-state index in [1.807, 2.05) is 6.07 Å². The van der Waals surface area contributed by atoms with Crippen LogP contribution in [0.1, 0.15) is 46.4 Å². The number of ether oxygens (including phenoxy) is 1. The maximum atomic E-state index is 13.6. The van der Waals surface area contributed by atoms with Gasteiger partial charge in [-0.15, -0.1) is 0 Å². The summed E-state index contributed by atoms with van der Waals surface area (Å²) >= 11 is 0. The van der Waals surface area contributed by atoms with E-state index in [1.54, 1.807) is 43.3 Å². The van der Waals surface area contributed by atoms with Crippen molar-refractivity contribution in [2.45, 2.75) is 26.7 Å². The molecule has 2 amide bonds. The molecule has 188 valence electrons. The number of furan rings is 2. The van der Waals surface area contributed by atoms with Crippen LogP contribution in [0.25, 0.3) is 21.9 Å². The van der Waals surface area contributed by atoms with Gasteiger partial charge in [-0.2, -0.15) is 0 Å². The van der Waals surface area contributed by atoms with Gasteiger partial charge in [-0.1, -0.05) is 25.5 Å². The summed E-state index contributed by atoms with van der Waals surface area (Å²) in [7, 11) is 0. The van der Waals surface area contributed by atoms with Crippen LogP contribution in [0.4, 0.5) is 15.8 Å². The Bertz CT molecular complexity index is 1600. The third-order valence-corrected chi connectivity index (χ3v) is 5.97. The molecule has 37 heavy (non-hydrogen) atoms. The molecule has 3 aromatic carbocycles. The van der Waals surface area contributed by atoms with Crippen LogP contribution in [-0.4, -0.2) is 18.4 Å². The number of para-hydroxylation sites is 1. The standard InChI is InChI=1S/C29H25FN2O5/c1-3-4-15-35-20-13-14-24-22(16-20)25(17(2)36-24)28(33)32-26-21-7-5-6-8-23(21)37-27(26)29(34)31-19-11-9-18(30)10-12-19/h5-14,16H,3-4,15H2,1-2H3,(H,31,34)(H,32,33). The summed E-state index contributed by atoms with van der Waals surface area (Å²) in [5, 5.41) is 6.71. The van der Waals surface area contributed by atoms with Gasteiger partial charge in [-0.3, -0.25) is 9.59 Å². The van der Waals surface area contributed by atoms with Gasteiger partial charge in [0.1, 0.15) is 34.2 Å². The zero-order chi connectivity index (χ0) is 25.9. The third-order valence-electron chi connectivity index (χ3n) is 5.97. The van der Waals surface area contributed by atoms with Crippen molar-refractivity contribution in [2.75, 3.05) is 17.2 Å². The number of hydrogen-bond donors (Lipinski definition) is 2. The van der Waals surface area contributed by atoms with Crippen LogP contribution >= 0.6 is 0 Å². The molecule has 2 heterocycles. The number of aryl methyl sites for hydroxylation is 1. The van der Waals surface area contributed by atoms with Crippen LogP contribution in [0.3, 0.4) is 0 Å². The van der Waals surface area contributed by atoms with Crippen molar-refractivity contribution in [3.8, 4) is 5.75 Å². The number of anilines is 2. The molecule has 5 rings (SSSR count). The summed E-state index contributed by atoms with van der Waals surface area (Å²) in [6.07, 6.45) is 1.93. The quantitative estimate of drug-likeness (QED) is 0.218. The van der Waals surface area contributed by atoms with E-state index in [4.69, 9.17) is 13.6 Å². The summed E-state index contributed by atoms with van der Waals surface area (Å²) in [6, 6.07) is 17.7. The van der Waals surface area contributed by atoms with Crippen LogP contribution < -0.4 is 15.4 Å². The lowest BCUT2D eigenvalue weighted by molar-refractivity contribution is 0.0999. The highest BCUT2D eigenvalue weighted by atomic mass is 19.1. The maximum Gasteiger partial charge on any atom is 0.293 e. The number of halogens is 1. The zero-order valence-electron chi connectivity index (χ0n) is 20.4. The fraction of sp³-hybridized carbons (Fsp3) is 0.172. The molecule has 5 aromatic rings. The second-order valence-electron chi connectivity index (χ2n) is 8.61. The molecule has 0 aliphatic rings. The summed E-state index contributed by atoms with van der Waals surface area (Å²) in [4.78, 5) is 26.7. The molecular weight excluding hydrogens is 475 g/mol. The fourth-order valence-electron chi connectivity index (χ4n) is 4.13. The molecule has 0 aliphatic heterocycles. The first kappa shape index (κ1) is 24.1. The zero-order valence-corrected chi connectivity index (χ0v) is 20.4. The number of carbonyl (C=O) groups excluding carboxylic acids is 2. The second-order valence-corrected chi connectivity index (χ2v) is 8.61. The number of benzene rings is 3. The summed E-state index contributed by atoms with van der Waals surface area (Å²) in [5.74, 6) is -0.459. The molecule has 0 atom stereocenters. The molecular formula is C29H25FN2O5. The number of fused-ring (bicyclic) bond motifs is 2. The molecule has 0 saturated heterocycles. The smallest absolute Gasteiger partial charge is 0.293 e. The van der Waals surface area contributed by atoms with Crippen molar-refractivity contribution in [3.63, 3.8) is 0 Å². The van der Waals surface area contributed by atoms with Gasteiger partial charge >= 0.3 is 0 Å². The minimum Gasteiger partial charge on any atom is -0.494 e. The Morgan fingerprint density at radius 1 is 0.892 bits per heavy atom. The van der Waals surface area contributed by atoms with Gasteiger partial charge in [0.2, 0.25) is 5.76 Å². The van der Waals surface area contributed by atoms with Crippen LogP contribution in [0.2, 0.25) is 0 Å². The Labute approximate surface area is 212 Å². The van der Waals surface area contributed by atoms with E-state index < -0.39 is 17.6 Å². The van der Waals surface area contributed by atoms with Crippen LogP contribution in [0, 0.1) is 12.7 Å². The van der Waals surface area contributed by atoms with Crippen LogP contribution in [0.5, 0.6) is 5.75 Å². The maximum absolute atomic E-state index is 13.6. The molecule has 0 unspecified atom stereocenters. The molecule has 0 saturated carbocycles. The number of amides is 2. The Hall–Kier alpha value is -4.59. The molecule has 0 bridgehead atoms. The first-order chi connectivity index (χ1) is 17.9. The summed E-state index contributed by atoms with van der Waals surface area (Å²) in [5.41, 5.74) is 1.94. The lowest BCUT2D eigenvalue weighted by Gasteiger charge is -2.08. The van der Waals surface area contributed by atoms with E-state index in [1.165, 1.54) is 24.3 Å². The summed E-state index contributed by atoms with van der Waals surface area (Å²) < 4.78 is 30.7. The first-order valence-electron chi connectivity index (χ1n) is 12.0. The van der Waals surface area contributed by atoms with E-state index in [9.17, 15) is 14.0 Å². The van der Waals surface area contributed by atoms with Gasteiger partial charge in [0.25, 0.3) is 11.8 Å². The molecule has 8 heteroatoms. The van der Waals surface area contributed by atoms with E-state index in [-0.39, 0.29) is 11.4 Å². The van der Waals surface area contributed by atoms with Crippen molar-refractivity contribution >= 4 is 45.1 Å². The molecule has 2 aromatic heterocycles. The fourth-order valence-corrected chi connectivity index (χ4v) is 4.13. The minimum atomic E-state index is -0.585. The molecule has 2 N–H and O–H groups in total. The Morgan fingerprint density at radius 3 is 2.43 bits per heavy atom. The lowest BCUT2D eigenvalue weighted by atomic mass is 10.1. The molecule has 0 spiro atoms.